The van der Waals surface area contributed by atoms with Gasteiger partial charge in [-0.2, -0.15) is 74.8 Å². The van der Waals surface area contributed by atoms with Gasteiger partial charge in [0.25, 0.3) is 0 Å². The van der Waals surface area contributed by atoms with Crippen LogP contribution in [0.1, 0.15) is 0 Å². The lowest BCUT2D eigenvalue weighted by Gasteiger charge is -1.93. The largest absolute Gasteiger partial charge is 0.479 e. The first-order valence-electron chi connectivity index (χ1n) is 19.1. The standard InChI is InChI=1S/5C3H6N6.4C3H3N3O3/c5*4-1-7-2(5)9-3(6)8-1;4*7-1-4-2(8)6-3(9)5-1/h5*(H6,4,5,6,7,8,9);4*(H3,4,5,6,7,8,9). The molecule has 0 saturated heterocycles. The number of hydrogen-bond donors (Lipinski definition) is 27. The van der Waals surface area contributed by atoms with E-state index in [1.807, 2.05) is 0 Å². The molecular weight excluding hydrogens is 1100 g/mol. The molecule has 0 amide bonds. The van der Waals surface area contributed by atoms with E-state index in [1.54, 1.807) is 0 Å². The molecule has 81 heavy (non-hydrogen) atoms. The second kappa shape index (κ2) is 31.3. The first-order valence-corrected chi connectivity index (χ1v) is 19.1. The molecule has 9 rings (SSSR count). The van der Waals surface area contributed by atoms with Crippen LogP contribution in [-0.2, 0) is 0 Å². The number of nitrogen functional groups attached to an aromatic ring is 15. The van der Waals surface area contributed by atoms with Gasteiger partial charge in [-0.1, -0.05) is 0 Å². The zero-order valence-corrected chi connectivity index (χ0v) is 39.6. The minimum atomic E-state index is -0.708. The Morgan fingerprint density at radius 1 is 0.111 bits per heavy atom. The van der Waals surface area contributed by atoms with E-state index >= 15 is 0 Å². The minimum Gasteiger partial charge on any atom is -0.479 e. The highest BCUT2D eigenvalue weighted by molar-refractivity contribution is 5.36. The van der Waals surface area contributed by atoms with E-state index in [2.05, 4.69) is 135 Å². The molecule has 0 bridgehead atoms. The van der Waals surface area contributed by atoms with Crippen molar-refractivity contribution in [3.63, 3.8) is 0 Å². The lowest BCUT2D eigenvalue weighted by atomic mass is 10.9. The number of nitrogens with zero attached hydrogens (tertiary/aromatic N) is 27. The third kappa shape index (κ3) is 30.4. The Bertz CT molecular complexity index is 2270. The maximum atomic E-state index is 8.41. The molecule has 42 N–H and O–H groups in total. The lowest BCUT2D eigenvalue weighted by molar-refractivity contribution is 0.343. The Kier molecular flexibility index (Phi) is 25.0. The zero-order chi connectivity index (χ0) is 61.7. The molecule has 0 aromatic carbocycles. The van der Waals surface area contributed by atoms with Gasteiger partial charge in [0.1, 0.15) is 0 Å². The second-order valence-electron chi connectivity index (χ2n) is 12.0. The molecule has 0 spiro atoms. The van der Waals surface area contributed by atoms with Gasteiger partial charge >= 0.3 is 72.1 Å². The van der Waals surface area contributed by atoms with Crippen LogP contribution in [0.2, 0.25) is 0 Å². The SMILES string of the molecule is Nc1nc(N)nc(N)n1.Nc1nc(N)nc(N)n1.Nc1nc(N)nc(N)n1.Nc1nc(N)nc(N)n1.Nc1nc(N)nc(N)n1.Oc1nc(O)nc(O)n1.Oc1nc(O)nc(O)n1.Oc1nc(O)nc(O)n1.Oc1nc(O)nc(O)n1. The highest BCUT2D eigenvalue weighted by Gasteiger charge is 2.03. The molecule has 0 radical (unpaired) electrons. The Morgan fingerprint density at radius 2 is 0.160 bits per heavy atom. The molecule has 0 aliphatic heterocycles. The van der Waals surface area contributed by atoms with Crippen LogP contribution >= 0.6 is 0 Å². The Morgan fingerprint density at radius 3 is 0.210 bits per heavy atom. The number of nitrogens with two attached hydrogens (primary N) is 15. The normalized spacial score (nSPS) is 9.33. The Hall–Kier alpha value is -14.3. The molecule has 0 saturated carbocycles. The average Bonchev–Trinajstić information content (AvgIpc) is 3.24. The van der Waals surface area contributed by atoms with Crippen molar-refractivity contribution in [1.29, 1.82) is 0 Å². The fourth-order valence-electron chi connectivity index (χ4n) is 3.51. The van der Waals surface area contributed by atoms with Crippen molar-refractivity contribution < 1.29 is 61.3 Å². The van der Waals surface area contributed by atoms with Crippen LogP contribution in [0.15, 0.2) is 0 Å². The minimum absolute atomic E-state index is 0.0417. The summed E-state index contributed by atoms with van der Waals surface area (Å²) in [7, 11) is 0. The Balaban J connectivity index is 0.000000456. The van der Waals surface area contributed by atoms with Crippen molar-refractivity contribution in [1.82, 2.24) is 135 Å². The molecule has 9 aromatic rings. The molecule has 9 aromatic heterocycles. The predicted octanol–water partition coefficient (Wildman–Crippen LogP) is -11.0. The van der Waals surface area contributed by atoms with Gasteiger partial charge in [-0.05, 0) is 0 Å². The van der Waals surface area contributed by atoms with Gasteiger partial charge in [-0.15, -0.1) is 59.8 Å². The molecule has 0 atom stereocenters. The van der Waals surface area contributed by atoms with Crippen molar-refractivity contribution in [2.24, 2.45) is 0 Å². The third-order valence-electron chi connectivity index (χ3n) is 5.84. The molecule has 0 unspecified atom stereocenters. The maximum absolute atomic E-state index is 8.41. The lowest BCUT2D eigenvalue weighted by Crippen LogP contribution is -2.05. The monoisotopic (exact) mass is 1150 g/mol. The van der Waals surface area contributed by atoms with Crippen molar-refractivity contribution in [2.45, 2.75) is 0 Å². The van der Waals surface area contributed by atoms with Gasteiger partial charge < -0.3 is 147 Å². The van der Waals surface area contributed by atoms with Crippen LogP contribution in [0.4, 0.5) is 89.2 Å². The molecule has 432 valence electrons. The van der Waals surface area contributed by atoms with E-state index in [1.165, 1.54) is 0 Å². The van der Waals surface area contributed by atoms with E-state index in [0.29, 0.717) is 0 Å². The van der Waals surface area contributed by atoms with Crippen molar-refractivity contribution >= 4 is 89.2 Å². The van der Waals surface area contributed by atoms with Crippen LogP contribution in [0.25, 0.3) is 0 Å². The fourth-order valence-corrected chi connectivity index (χ4v) is 3.51. The maximum Gasteiger partial charge on any atom is 0.323 e. The molecular formula is C27H42N42O12. The average molecular weight is 1150 g/mol. The number of hydrogen-bond acceptors (Lipinski definition) is 54. The van der Waals surface area contributed by atoms with Gasteiger partial charge in [0, 0.05) is 0 Å². The van der Waals surface area contributed by atoms with E-state index in [4.69, 9.17) is 147 Å². The Labute approximate surface area is 442 Å². The summed E-state index contributed by atoms with van der Waals surface area (Å²) in [6, 6.07) is -8.50. The third-order valence-corrected chi connectivity index (χ3v) is 5.84. The summed E-state index contributed by atoms with van der Waals surface area (Å²) < 4.78 is 0. The topological polar surface area (TPSA) is 981 Å². The first kappa shape index (κ1) is 64.7. The first-order chi connectivity index (χ1) is 37.6. The predicted molar refractivity (Wildman–Crippen MR) is 265 cm³/mol. The number of rotatable bonds is 0. The van der Waals surface area contributed by atoms with Crippen molar-refractivity contribution in [3.05, 3.63) is 0 Å². The molecule has 54 nitrogen and oxygen atoms in total. The van der Waals surface area contributed by atoms with E-state index in [-0.39, 0.29) is 89.2 Å². The molecule has 0 fully saturated rings. The molecule has 9 heterocycles. The summed E-state index contributed by atoms with van der Waals surface area (Å²) in [5.74, 6) is 0.625. The van der Waals surface area contributed by atoms with Gasteiger partial charge in [0.05, 0.1) is 0 Å². The summed E-state index contributed by atoms with van der Waals surface area (Å²) in [5, 5.41) is 101. The van der Waals surface area contributed by atoms with Crippen LogP contribution in [-0.4, -0.2) is 196 Å². The van der Waals surface area contributed by atoms with Crippen LogP contribution in [0, 0.1) is 0 Å². The van der Waals surface area contributed by atoms with Gasteiger partial charge in [0.2, 0.25) is 89.2 Å². The summed E-state index contributed by atoms with van der Waals surface area (Å²) in [5.41, 5.74) is 77.1. The number of aromatic hydroxyl groups is 12. The highest BCUT2D eigenvalue weighted by Crippen LogP contribution is 2.12. The van der Waals surface area contributed by atoms with E-state index in [0.717, 1.165) is 0 Å². The molecule has 0 aliphatic rings. The van der Waals surface area contributed by atoms with Crippen molar-refractivity contribution in [2.75, 3.05) is 86.0 Å². The van der Waals surface area contributed by atoms with Gasteiger partial charge in [0.15, 0.2) is 0 Å². The zero-order valence-electron chi connectivity index (χ0n) is 39.6. The van der Waals surface area contributed by atoms with Crippen molar-refractivity contribution in [3.8, 4) is 72.1 Å². The highest BCUT2D eigenvalue weighted by atomic mass is 16.3. The van der Waals surface area contributed by atoms with Crippen LogP contribution in [0.3, 0.4) is 0 Å². The summed E-state index contributed by atoms with van der Waals surface area (Å²) in [6.45, 7) is 0. The number of anilines is 15. The summed E-state index contributed by atoms with van der Waals surface area (Å²) >= 11 is 0. The molecule has 0 aliphatic carbocycles. The van der Waals surface area contributed by atoms with Gasteiger partial charge in [-0.3, -0.25) is 0 Å². The van der Waals surface area contributed by atoms with Gasteiger partial charge in [-0.25, -0.2) is 0 Å². The summed E-state index contributed by atoms with van der Waals surface area (Å²) in [4.78, 5) is 87.9. The molecule has 54 heteroatoms. The van der Waals surface area contributed by atoms with E-state index < -0.39 is 72.1 Å². The second-order valence-corrected chi connectivity index (χ2v) is 12.0. The van der Waals surface area contributed by atoms with Crippen LogP contribution < -0.4 is 86.0 Å². The summed E-state index contributed by atoms with van der Waals surface area (Å²) in [6.07, 6.45) is 0. The number of aromatic nitrogens is 27. The van der Waals surface area contributed by atoms with Crippen LogP contribution in [0.5, 0.6) is 72.1 Å². The smallest absolute Gasteiger partial charge is 0.323 e. The van der Waals surface area contributed by atoms with E-state index in [9.17, 15) is 0 Å². The fraction of sp³-hybridized carbons (Fsp3) is 0. The quantitative estimate of drug-likeness (QED) is 0.0670.